The maximum absolute atomic E-state index is 14.1. The zero-order valence-corrected chi connectivity index (χ0v) is 11.2. The molecule has 1 aromatic rings. The summed E-state index contributed by atoms with van der Waals surface area (Å²) in [5, 5.41) is 0. The smallest absolute Gasteiger partial charge is 0.318 e. The van der Waals surface area contributed by atoms with E-state index < -0.39 is 11.4 Å². The minimum absolute atomic E-state index is 0.0773. The summed E-state index contributed by atoms with van der Waals surface area (Å²) >= 11 is 0. The molecule has 0 saturated heterocycles. The van der Waals surface area contributed by atoms with Crippen LogP contribution < -0.4 is 5.73 Å². The van der Waals surface area contributed by atoms with Crippen molar-refractivity contribution in [2.24, 2.45) is 11.7 Å². The van der Waals surface area contributed by atoms with Gasteiger partial charge >= 0.3 is 5.97 Å². The molecule has 1 aromatic carbocycles. The molecular weight excluding hydrogens is 245 g/mol. The number of ether oxygens (including phenoxy) is 1. The van der Waals surface area contributed by atoms with Crippen LogP contribution in [0.25, 0.3) is 0 Å². The summed E-state index contributed by atoms with van der Waals surface area (Å²) < 4.78 is 19.3. The summed E-state index contributed by atoms with van der Waals surface area (Å²) in [7, 11) is 0. The van der Waals surface area contributed by atoms with Gasteiger partial charge in [-0.1, -0.05) is 24.6 Å². The van der Waals surface area contributed by atoms with E-state index in [1.807, 2.05) is 0 Å². The number of benzene rings is 1. The number of rotatable bonds is 5. The van der Waals surface area contributed by atoms with Crippen molar-refractivity contribution < 1.29 is 13.9 Å². The van der Waals surface area contributed by atoms with Crippen LogP contribution in [0.1, 0.15) is 31.7 Å². The fourth-order valence-corrected chi connectivity index (χ4v) is 2.84. The number of hydrogen-bond donors (Lipinski definition) is 1. The summed E-state index contributed by atoms with van der Waals surface area (Å²) in [5.41, 5.74) is 5.23. The Labute approximate surface area is 112 Å². The lowest BCUT2D eigenvalue weighted by molar-refractivity contribution is -0.154. The van der Waals surface area contributed by atoms with Gasteiger partial charge < -0.3 is 10.5 Å². The van der Waals surface area contributed by atoms with Crippen molar-refractivity contribution >= 4 is 5.97 Å². The zero-order chi connectivity index (χ0) is 13.9. The predicted octanol–water partition coefficient (Wildman–Crippen LogP) is 2.39. The molecule has 2 N–H and O–H groups in total. The summed E-state index contributed by atoms with van der Waals surface area (Å²) in [6.45, 7) is 2.11. The van der Waals surface area contributed by atoms with Crippen molar-refractivity contribution in [3.8, 4) is 0 Å². The molecule has 104 valence electrons. The lowest BCUT2D eigenvalue weighted by atomic mass is 9.61. The third kappa shape index (κ3) is 2.25. The Hall–Kier alpha value is -1.42. The van der Waals surface area contributed by atoms with E-state index in [1.165, 1.54) is 6.07 Å². The third-order valence-electron chi connectivity index (χ3n) is 4.12. The number of esters is 1. The molecule has 1 unspecified atom stereocenters. The maximum Gasteiger partial charge on any atom is 0.318 e. The van der Waals surface area contributed by atoms with Gasteiger partial charge in [-0.05, 0) is 31.7 Å². The van der Waals surface area contributed by atoms with Crippen molar-refractivity contribution in [1.82, 2.24) is 0 Å². The van der Waals surface area contributed by atoms with Crippen molar-refractivity contribution in [1.29, 1.82) is 0 Å². The standard InChI is InChI=1S/C15H20FNO2/c1-2-19-14(18)15(10-17,11-6-5-7-11)12-8-3-4-9-13(12)16/h3-4,8-9,11H,2,5-7,10,17H2,1H3. The molecular formula is C15H20FNO2. The summed E-state index contributed by atoms with van der Waals surface area (Å²) in [4.78, 5) is 12.4. The van der Waals surface area contributed by atoms with E-state index in [9.17, 15) is 9.18 Å². The molecule has 1 atom stereocenters. The van der Waals surface area contributed by atoms with E-state index >= 15 is 0 Å². The van der Waals surface area contributed by atoms with Crippen LogP contribution in [0, 0.1) is 11.7 Å². The van der Waals surface area contributed by atoms with Crippen LogP contribution >= 0.6 is 0 Å². The number of hydrogen-bond acceptors (Lipinski definition) is 3. The maximum atomic E-state index is 14.1. The molecule has 1 saturated carbocycles. The Morgan fingerprint density at radius 2 is 2.16 bits per heavy atom. The van der Waals surface area contributed by atoms with Gasteiger partial charge in [0.05, 0.1) is 6.61 Å². The lowest BCUT2D eigenvalue weighted by Crippen LogP contribution is -2.52. The van der Waals surface area contributed by atoms with E-state index in [0.717, 1.165) is 19.3 Å². The molecule has 2 rings (SSSR count). The van der Waals surface area contributed by atoms with Crippen molar-refractivity contribution in [3.05, 3.63) is 35.6 Å². The van der Waals surface area contributed by atoms with E-state index in [0.29, 0.717) is 5.56 Å². The second kappa shape index (κ2) is 5.70. The highest BCUT2D eigenvalue weighted by atomic mass is 19.1. The molecule has 0 radical (unpaired) electrons. The summed E-state index contributed by atoms with van der Waals surface area (Å²) in [6, 6.07) is 6.38. The first-order chi connectivity index (χ1) is 9.16. The van der Waals surface area contributed by atoms with E-state index in [2.05, 4.69) is 0 Å². The van der Waals surface area contributed by atoms with Gasteiger partial charge in [0.25, 0.3) is 0 Å². The SMILES string of the molecule is CCOC(=O)C(CN)(c1ccccc1F)C1CCC1. The minimum Gasteiger partial charge on any atom is -0.465 e. The highest BCUT2D eigenvalue weighted by molar-refractivity contribution is 5.84. The first-order valence-electron chi connectivity index (χ1n) is 6.79. The monoisotopic (exact) mass is 265 g/mol. The van der Waals surface area contributed by atoms with Crippen LogP contribution in [-0.2, 0) is 14.9 Å². The highest BCUT2D eigenvalue weighted by Gasteiger charge is 2.50. The van der Waals surface area contributed by atoms with Crippen LogP contribution in [0.2, 0.25) is 0 Å². The predicted molar refractivity (Wildman–Crippen MR) is 71.1 cm³/mol. The van der Waals surface area contributed by atoms with Gasteiger partial charge in [-0.2, -0.15) is 0 Å². The number of carbonyl (C=O) groups excluding carboxylic acids is 1. The second-order valence-corrected chi connectivity index (χ2v) is 5.00. The van der Waals surface area contributed by atoms with Gasteiger partial charge in [0.2, 0.25) is 0 Å². The molecule has 3 nitrogen and oxygen atoms in total. The Balaban J connectivity index is 2.49. The molecule has 0 spiro atoms. The van der Waals surface area contributed by atoms with Crippen LogP contribution in [0.4, 0.5) is 4.39 Å². The Morgan fingerprint density at radius 3 is 2.63 bits per heavy atom. The Kier molecular flexibility index (Phi) is 4.20. The van der Waals surface area contributed by atoms with Gasteiger partial charge in [0, 0.05) is 12.1 Å². The highest BCUT2D eigenvalue weighted by Crippen LogP contribution is 2.45. The van der Waals surface area contributed by atoms with E-state index in [1.54, 1.807) is 25.1 Å². The normalized spacial score (nSPS) is 18.5. The zero-order valence-electron chi connectivity index (χ0n) is 11.2. The van der Waals surface area contributed by atoms with Gasteiger partial charge in [-0.25, -0.2) is 4.39 Å². The molecule has 1 aliphatic rings. The summed E-state index contributed by atoms with van der Waals surface area (Å²) in [5.74, 6) is -0.700. The van der Waals surface area contributed by atoms with E-state index in [-0.39, 0.29) is 24.9 Å². The van der Waals surface area contributed by atoms with Gasteiger partial charge in [0.15, 0.2) is 0 Å². The molecule has 0 bridgehead atoms. The van der Waals surface area contributed by atoms with Crippen LogP contribution in [0.5, 0.6) is 0 Å². The minimum atomic E-state index is -1.03. The molecule has 0 heterocycles. The van der Waals surface area contributed by atoms with Gasteiger partial charge in [-0.3, -0.25) is 4.79 Å². The molecule has 19 heavy (non-hydrogen) atoms. The fourth-order valence-electron chi connectivity index (χ4n) is 2.84. The summed E-state index contributed by atoms with van der Waals surface area (Å²) in [6.07, 6.45) is 2.84. The average Bonchev–Trinajstić information content (AvgIpc) is 2.34. The number of carbonyl (C=O) groups is 1. The average molecular weight is 265 g/mol. The molecule has 0 aromatic heterocycles. The van der Waals surface area contributed by atoms with Crippen LogP contribution in [0.3, 0.4) is 0 Å². The van der Waals surface area contributed by atoms with Crippen molar-refractivity contribution in [2.75, 3.05) is 13.2 Å². The number of halogens is 1. The molecule has 1 aliphatic carbocycles. The van der Waals surface area contributed by atoms with Crippen LogP contribution in [0.15, 0.2) is 24.3 Å². The Bertz CT molecular complexity index is 459. The first-order valence-corrected chi connectivity index (χ1v) is 6.79. The second-order valence-electron chi connectivity index (χ2n) is 5.00. The topological polar surface area (TPSA) is 52.3 Å². The molecule has 1 fully saturated rings. The Morgan fingerprint density at radius 1 is 1.47 bits per heavy atom. The number of nitrogens with two attached hydrogens (primary N) is 1. The quantitative estimate of drug-likeness (QED) is 0.832. The fraction of sp³-hybridized carbons (Fsp3) is 0.533. The molecule has 4 heteroatoms. The van der Waals surface area contributed by atoms with Crippen molar-refractivity contribution in [3.63, 3.8) is 0 Å². The molecule has 0 aliphatic heterocycles. The third-order valence-corrected chi connectivity index (χ3v) is 4.12. The largest absolute Gasteiger partial charge is 0.465 e. The van der Waals surface area contributed by atoms with Crippen molar-refractivity contribution in [2.45, 2.75) is 31.6 Å². The molecule has 0 amide bonds. The van der Waals surface area contributed by atoms with E-state index in [4.69, 9.17) is 10.5 Å². The van der Waals surface area contributed by atoms with Crippen LogP contribution in [-0.4, -0.2) is 19.1 Å². The van der Waals surface area contributed by atoms with Gasteiger partial charge in [-0.15, -0.1) is 0 Å². The lowest BCUT2D eigenvalue weighted by Gasteiger charge is -2.43. The first kappa shape index (κ1) is 14.0. The van der Waals surface area contributed by atoms with Gasteiger partial charge in [0.1, 0.15) is 11.2 Å².